The predicted octanol–water partition coefficient (Wildman–Crippen LogP) is 3.32. The van der Waals surface area contributed by atoms with Gasteiger partial charge < -0.3 is 5.32 Å². The first-order valence-corrected chi connectivity index (χ1v) is 6.38. The summed E-state index contributed by atoms with van der Waals surface area (Å²) in [5.41, 5.74) is 2.07. The molecule has 1 aromatic rings. The molecule has 0 radical (unpaired) electrons. The second-order valence-electron chi connectivity index (χ2n) is 3.91. The summed E-state index contributed by atoms with van der Waals surface area (Å²) in [5, 5.41) is 3.77. The van der Waals surface area contributed by atoms with Crippen LogP contribution in [0.4, 0.5) is 5.69 Å². The molecule has 0 heterocycles. The summed E-state index contributed by atoms with van der Waals surface area (Å²) in [6.07, 6.45) is 3.28. The Morgan fingerprint density at radius 1 is 1.40 bits per heavy atom. The summed E-state index contributed by atoms with van der Waals surface area (Å²) in [6.45, 7) is 0. The molecule has 3 heteroatoms. The Morgan fingerprint density at radius 2 is 2.13 bits per heavy atom. The average molecular weight is 268 g/mol. The Morgan fingerprint density at radius 3 is 2.73 bits per heavy atom. The summed E-state index contributed by atoms with van der Waals surface area (Å²) in [5.74, 6) is 0.419. The monoisotopic (exact) mass is 267 g/mol. The van der Waals surface area contributed by atoms with Crippen LogP contribution in [0.1, 0.15) is 24.8 Å². The number of carbonyl (C=O) groups is 1. The lowest BCUT2D eigenvalue weighted by atomic mass is 9.85. The van der Waals surface area contributed by atoms with E-state index >= 15 is 0 Å². The molecule has 0 unspecified atom stereocenters. The molecule has 15 heavy (non-hydrogen) atoms. The zero-order valence-corrected chi connectivity index (χ0v) is 10.1. The minimum atomic E-state index is 0.176. The molecule has 2 rings (SSSR count). The van der Waals surface area contributed by atoms with Crippen molar-refractivity contribution in [2.24, 2.45) is 5.92 Å². The standard InChI is InChI=1S/C12H14BrNO/c13-8-10-4-1-2-7-11(10)14-12(15)9-5-3-6-9/h1-2,4,7,9H,3,5-6,8H2,(H,14,15). The molecule has 1 saturated carbocycles. The lowest BCUT2D eigenvalue weighted by Crippen LogP contribution is -2.28. The molecule has 80 valence electrons. The molecule has 0 bridgehead atoms. The van der Waals surface area contributed by atoms with Crippen molar-refractivity contribution >= 4 is 27.5 Å². The Balaban J connectivity index is 2.05. The van der Waals surface area contributed by atoms with E-state index in [4.69, 9.17) is 0 Å². The Hall–Kier alpha value is -0.830. The van der Waals surface area contributed by atoms with Crippen molar-refractivity contribution in [2.45, 2.75) is 24.6 Å². The molecule has 1 N–H and O–H groups in total. The third-order valence-corrected chi connectivity index (χ3v) is 3.50. The van der Waals surface area contributed by atoms with E-state index < -0.39 is 0 Å². The molecule has 1 aromatic carbocycles. The summed E-state index contributed by atoms with van der Waals surface area (Å²) in [4.78, 5) is 11.7. The molecule has 0 aliphatic heterocycles. The lowest BCUT2D eigenvalue weighted by molar-refractivity contribution is -0.122. The predicted molar refractivity (Wildman–Crippen MR) is 65.0 cm³/mol. The molecule has 0 spiro atoms. The maximum Gasteiger partial charge on any atom is 0.227 e. The number of benzene rings is 1. The SMILES string of the molecule is O=C(Nc1ccccc1CBr)C1CCC1. The molecule has 2 nitrogen and oxygen atoms in total. The first-order valence-electron chi connectivity index (χ1n) is 5.26. The molecule has 1 aliphatic carbocycles. The van der Waals surface area contributed by atoms with Gasteiger partial charge in [-0.2, -0.15) is 0 Å². The fourth-order valence-electron chi connectivity index (χ4n) is 1.66. The molecular formula is C12H14BrNO. The van der Waals surface area contributed by atoms with Crippen LogP contribution in [-0.4, -0.2) is 5.91 Å². The number of para-hydroxylation sites is 1. The smallest absolute Gasteiger partial charge is 0.227 e. The van der Waals surface area contributed by atoms with Gasteiger partial charge in [0.2, 0.25) is 5.91 Å². The van der Waals surface area contributed by atoms with Crippen molar-refractivity contribution in [2.75, 3.05) is 5.32 Å². The minimum Gasteiger partial charge on any atom is -0.326 e. The third kappa shape index (κ3) is 2.40. The fraction of sp³-hybridized carbons (Fsp3) is 0.417. The van der Waals surface area contributed by atoms with Crippen LogP contribution in [0.2, 0.25) is 0 Å². The normalized spacial score (nSPS) is 15.8. The highest BCUT2D eigenvalue weighted by Gasteiger charge is 2.25. The van der Waals surface area contributed by atoms with Crippen molar-refractivity contribution in [1.29, 1.82) is 0 Å². The number of hydrogen-bond donors (Lipinski definition) is 1. The van der Waals surface area contributed by atoms with Gasteiger partial charge in [-0.25, -0.2) is 0 Å². The van der Waals surface area contributed by atoms with Crippen molar-refractivity contribution in [3.05, 3.63) is 29.8 Å². The molecule has 1 fully saturated rings. The maximum absolute atomic E-state index is 11.7. The van der Waals surface area contributed by atoms with Gasteiger partial charge in [0.05, 0.1) is 0 Å². The Labute approximate surface area is 98.2 Å². The van der Waals surface area contributed by atoms with Crippen LogP contribution < -0.4 is 5.32 Å². The Bertz CT molecular complexity index is 360. The van der Waals surface area contributed by atoms with Crippen LogP contribution in [0.25, 0.3) is 0 Å². The highest BCUT2D eigenvalue weighted by molar-refractivity contribution is 9.08. The molecule has 1 aliphatic rings. The number of rotatable bonds is 3. The van der Waals surface area contributed by atoms with E-state index in [-0.39, 0.29) is 11.8 Å². The first kappa shape index (κ1) is 10.7. The number of alkyl halides is 1. The summed E-state index contributed by atoms with van der Waals surface area (Å²) in [7, 11) is 0. The van der Waals surface area contributed by atoms with E-state index in [1.807, 2.05) is 24.3 Å². The molecule has 0 aromatic heterocycles. The lowest BCUT2D eigenvalue weighted by Gasteiger charge is -2.24. The van der Waals surface area contributed by atoms with Crippen molar-refractivity contribution < 1.29 is 4.79 Å². The van der Waals surface area contributed by atoms with Gasteiger partial charge in [-0.15, -0.1) is 0 Å². The van der Waals surface area contributed by atoms with Crippen LogP contribution in [0.15, 0.2) is 24.3 Å². The minimum absolute atomic E-state index is 0.176. The van der Waals surface area contributed by atoms with E-state index in [2.05, 4.69) is 21.2 Å². The van der Waals surface area contributed by atoms with Gasteiger partial charge in [-0.05, 0) is 24.5 Å². The summed E-state index contributed by atoms with van der Waals surface area (Å²) >= 11 is 3.42. The van der Waals surface area contributed by atoms with Crippen LogP contribution >= 0.6 is 15.9 Å². The fourth-order valence-corrected chi connectivity index (χ4v) is 2.15. The average Bonchev–Trinajstić information content (AvgIpc) is 2.15. The van der Waals surface area contributed by atoms with Crippen LogP contribution in [-0.2, 0) is 10.1 Å². The highest BCUT2D eigenvalue weighted by Crippen LogP contribution is 2.28. The first-order chi connectivity index (χ1) is 7.31. The van der Waals surface area contributed by atoms with E-state index in [1.165, 1.54) is 6.42 Å². The van der Waals surface area contributed by atoms with Crippen molar-refractivity contribution in [3.63, 3.8) is 0 Å². The highest BCUT2D eigenvalue weighted by atomic mass is 79.9. The summed E-state index contributed by atoms with van der Waals surface area (Å²) < 4.78 is 0. The summed E-state index contributed by atoms with van der Waals surface area (Å²) in [6, 6.07) is 7.90. The van der Waals surface area contributed by atoms with E-state index in [0.29, 0.717) is 0 Å². The second kappa shape index (κ2) is 4.79. The second-order valence-corrected chi connectivity index (χ2v) is 4.47. The third-order valence-electron chi connectivity index (χ3n) is 2.90. The molecule has 1 amide bonds. The van der Waals surface area contributed by atoms with Gasteiger partial charge in [0.15, 0.2) is 0 Å². The van der Waals surface area contributed by atoms with Gasteiger partial charge in [0.1, 0.15) is 0 Å². The van der Waals surface area contributed by atoms with Crippen LogP contribution in [0.3, 0.4) is 0 Å². The van der Waals surface area contributed by atoms with Crippen molar-refractivity contribution in [1.82, 2.24) is 0 Å². The molecule has 0 saturated heterocycles. The molecule has 0 atom stereocenters. The zero-order valence-electron chi connectivity index (χ0n) is 8.50. The number of nitrogens with one attached hydrogen (secondary N) is 1. The number of halogens is 1. The zero-order chi connectivity index (χ0) is 10.7. The van der Waals surface area contributed by atoms with Crippen molar-refractivity contribution in [3.8, 4) is 0 Å². The van der Waals surface area contributed by atoms with Gasteiger partial charge >= 0.3 is 0 Å². The Kier molecular flexibility index (Phi) is 3.41. The van der Waals surface area contributed by atoms with Gasteiger partial charge in [0, 0.05) is 16.9 Å². The van der Waals surface area contributed by atoms with Crippen LogP contribution in [0.5, 0.6) is 0 Å². The number of hydrogen-bond acceptors (Lipinski definition) is 1. The van der Waals surface area contributed by atoms with E-state index in [9.17, 15) is 4.79 Å². The van der Waals surface area contributed by atoms with Gasteiger partial charge in [-0.3, -0.25) is 4.79 Å². The van der Waals surface area contributed by atoms with E-state index in [0.717, 1.165) is 29.4 Å². The van der Waals surface area contributed by atoms with Gasteiger partial charge in [0.25, 0.3) is 0 Å². The molecular weight excluding hydrogens is 254 g/mol. The maximum atomic E-state index is 11.7. The largest absolute Gasteiger partial charge is 0.326 e. The number of carbonyl (C=O) groups excluding carboxylic acids is 1. The van der Waals surface area contributed by atoms with E-state index in [1.54, 1.807) is 0 Å². The van der Waals surface area contributed by atoms with Gasteiger partial charge in [-0.1, -0.05) is 40.5 Å². The topological polar surface area (TPSA) is 29.1 Å². The quantitative estimate of drug-likeness (QED) is 0.837. The number of anilines is 1. The number of amides is 1. The van der Waals surface area contributed by atoms with Crippen LogP contribution in [0, 0.1) is 5.92 Å².